The molecule has 2 aromatic rings. The lowest BCUT2D eigenvalue weighted by Crippen LogP contribution is -2.17. The van der Waals surface area contributed by atoms with Gasteiger partial charge in [-0.25, -0.2) is 0 Å². The summed E-state index contributed by atoms with van der Waals surface area (Å²) in [4.78, 5) is 12.2. The van der Waals surface area contributed by atoms with Gasteiger partial charge in [-0.3, -0.25) is 4.79 Å². The quantitative estimate of drug-likeness (QED) is 0.895. The van der Waals surface area contributed by atoms with E-state index in [1.54, 1.807) is 0 Å². The summed E-state index contributed by atoms with van der Waals surface area (Å²) in [6, 6.07) is 15.5. The van der Waals surface area contributed by atoms with Crippen LogP contribution in [-0.4, -0.2) is 11.9 Å². The number of aryl methyl sites for hydroxylation is 1. The van der Waals surface area contributed by atoms with Crippen LogP contribution in [0.2, 0.25) is 0 Å². The van der Waals surface area contributed by atoms with Crippen LogP contribution < -0.4 is 11.1 Å². The normalized spacial score (nSPS) is 11.9. The van der Waals surface area contributed by atoms with Gasteiger partial charge >= 0.3 is 0 Å². The number of amides is 1. The molecule has 0 aliphatic rings. The van der Waals surface area contributed by atoms with Gasteiger partial charge in [0.15, 0.2) is 0 Å². The smallest absolute Gasteiger partial charge is 0.255 e. The number of rotatable bonds is 4. The molecule has 104 valence electrons. The topological polar surface area (TPSA) is 55.1 Å². The maximum absolute atomic E-state index is 12.2. The fourth-order valence-electron chi connectivity index (χ4n) is 2.12. The highest BCUT2D eigenvalue weighted by atomic mass is 16.1. The second-order valence-electron chi connectivity index (χ2n) is 5.15. The summed E-state index contributed by atoms with van der Waals surface area (Å²) >= 11 is 0. The maximum Gasteiger partial charge on any atom is 0.255 e. The third-order valence-corrected chi connectivity index (χ3v) is 3.16. The number of carbonyl (C=O) groups excluding carboxylic acids is 1. The van der Waals surface area contributed by atoms with Gasteiger partial charge in [-0.2, -0.15) is 0 Å². The van der Waals surface area contributed by atoms with Crippen LogP contribution in [0.15, 0.2) is 48.5 Å². The highest BCUT2D eigenvalue weighted by Gasteiger charge is 2.08. The third-order valence-electron chi connectivity index (χ3n) is 3.16. The van der Waals surface area contributed by atoms with Crippen molar-refractivity contribution >= 4 is 11.6 Å². The van der Waals surface area contributed by atoms with Crippen molar-refractivity contribution in [1.29, 1.82) is 0 Å². The Hall–Kier alpha value is -2.13. The fourth-order valence-corrected chi connectivity index (χ4v) is 2.12. The molecule has 0 saturated heterocycles. The summed E-state index contributed by atoms with van der Waals surface area (Å²) in [6.07, 6.45) is 0.839. The molecule has 3 nitrogen and oxygen atoms in total. The molecule has 0 aromatic heterocycles. The molecule has 0 aliphatic heterocycles. The van der Waals surface area contributed by atoms with E-state index in [9.17, 15) is 4.79 Å². The second kappa shape index (κ2) is 6.35. The van der Waals surface area contributed by atoms with Gasteiger partial charge in [0.05, 0.1) is 0 Å². The van der Waals surface area contributed by atoms with E-state index in [4.69, 9.17) is 5.73 Å². The second-order valence-corrected chi connectivity index (χ2v) is 5.15. The summed E-state index contributed by atoms with van der Waals surface area (Å²) < 4.78 is 0. The van der Waals surface area contributed by atoms with E-state index in [0.29, 0.717) is 5.56 Å². The van der Waals surface area contributed by atoms with Crippen molar-refractivity contribution in [2.45, 2.75) is 26.3 Å². The molecule has 3 heteroatoms. The van der Waals surface area contributed by atoms with E-state index >= 15 is 0 Å². The zero-order valence-corrected chi connectivity index (χ0v) is 11.9. The zero-order valence-electron chi connectivity index (χ0n) is 11.9. The largest absolute Gasteiger partial charge is 0.328 e. The van der Waals surface area contributed by atoms with Crippen molar-refractivity contribution in [3.8, 4) is 0 Å². The lowest BCUT2D eigenvalue weighted by molar-refractivity contribution is 0.102. The molecule has 1 atom stereocenters. The number of carbonyl (C=O) groups is 1. The Morgan fingerprint density at radius 2 is 1.80 bits per heavy atom. The number of nitrogens with one attached hydrogen (secondary N) is 1. The Morgan fingerprint density at radius 3 is 2.40 bits per heavy atom. The number of anilines is 1. The Kier molecular flexibility index (Phi) is 4.53. The molecule has 1 amide bonds. The Bertz CT molecular complexity index is 588. The molecule has 0 fully saturated rings. The van der Waals surface area contributed by atoms with Crippen molar-refractivity contribution in [2.75, 3.05) is 5.32 Å². The van der Waals surface area contributed by atoms with Gasteiger partial charge in [-0.1, -0.05) is 30.3 Å². The van der Waals surface area contributed by atoms with Crippen LogP contribution in [-0.2, 0) is 6.42 Å². The van der Waals surface area contributed by atoms with E-state index in [2.05, 4.69) is 5.32 Å². The van der Waals surface area contributed by atoms with E-state index in [0.717, 1.165) is 17.7 Å². The Balaban J connectivity index is 2.07. The first-order valence-corrected chi connectivity index (χ1v) is 6.78. The van der Waals surface area contributed by atoms with Gasteiger partial charge in [0.2, 0.25) is 0 Å². The number of nitrogens with two attached hydrogens (primary N) is 1. The Labute approximate surface area is 119 Å². The van der Waals surface area contributed by atoms with Gasteiger partial charge in [-0.15, -0.1) is 0 Å². The fraction of sp³-hybridized carbons (Fsp3) is 0.235. The van der Waals surface area contributed by atoms with Crippen LogP contribution in [0.3, 0.4) is 0 Å². The molecule has 0 aliphatic carbocycles. The average Bonchev–Trinajstić information content (AvgIpc) is 2.41. The first-order valence-electron chi connectivity index (χ1n) is 6.78. The highest BCUT2D eigenvalue weighted by Crippen LogP contribution is 2.14. The van der Waals surface area contributed by atoms with Crippen molar-refractivity contribution in [1.82, 2.24) is 0 Å². The van der Waals surface area contributed by atoms with E-state index in [1.807, 2.05) is 62.4 Å². The van der Waals surface area contributed by atoms with Crippen LogP contribution in [0.1, 0.15) is 28.4 Å². The molecule has 0 heterocycles. The van der Waals surface area contributed by atoms with Crippen LogP contribution >= 0.6 is 0 Å². The van der Waals surface area contributed by atoms with E-state index in [1.165, 1.54) is 5.56 Å². The molecule has 0 unspecified atom stereocenters. The van der Waals surface area contributed by atoms with Gasteiger partial charge in [-0.05, 0) is 49.6 Å². The van der Waals surface area contributed by atoms with Gasteiger partial charge in [0.1, 0.15) is 0 Å². The summed E-state index contributed by atoms with van der Waals surface area (Å²) in [5.41, 5.74) is 9.41. The summed E-state index contributed by atoms with van der Waals surface area (Å²) in [6.45, 7) is 3.91. The number of hydrogen-bond acceptors (Lipinski definition) is 2. The molecular weight excluding hydrogens is 248 g/mol. The van der Waals surface area contributed by atoms with Crippen molar-refractivity contribution in [3.05, 3.63) is 65.2 Å². The number of hydrogen-bond donors (Lipinski definition) is 2. The zero-order chi connectivity index (χ0) is 14.5. The van der Waals surface area contributed by atoms with Crippen molar-refractivity contribution in [2.24, 2.45) is 5.73 Å². The molecule has 2 rings (SSSR count). The van der Waals surface area contributed by atoms with Gasteiger partial charge in [0, 0.05) is 17.3 Å². The minimum atomic E-state index is -0.0805. The molecule has 20 heavy (non-hydrogen) atoms. The predicted molar refractivity (Wildman–Crippen MR) is 82.9 cm³/mol. The predicted octanol–water partition coefficient (Wildman–Crippen LogP) is 3.14. The lowest BCUT2D eigenvalue weighted by Gasteiger charge is -2.09. The van der Waals surface area contributed by atoms with Crippen LogP contribution in [0.5, 0.6) is 0 Å². The van der Waals surface area contributed by atoms with Crippen LogP contribution in [0.25, 0.3) is 0 Å². The lowest BCUT2D eigenvalue weighted by atomic mass is 10.1. The highest BCUT2D eigenvalue weighted by molar-refractivity contribution is 6.05. The van der Waals surface area contributed by atoms with Crippen LogP contribution in [0, 0.1) is 6.92 Å². The Morgan fingerprint density at radius 1 is 1.15 bits per heavy atom. The molecule has 3 N–H and O–H groups in total. The monoisotopic (exact) mass is 268 g/mol. The molecular formula is C17H20N2O. The first kappa shape index (κ1) is 14.3. The minimum Gasteiger partial charge on any atom is -0.328 e. The molecule has 0 bridgehead atoms. The van der Waals surface area contributed by atoms with Crippen molar-refractivity contribution < 1.29 is 4.79 Å². The molecule has 2 aromatic carbocycles. The minimum absolute atomic E-state index is 0.0805. The third kappa shape index (κ3) is 3.68. The molecule has 0 saturated carbocycles. The van der Waals surface area contributed by atoms with Gasteiger partial charge < -0.3 is 11.1 Å². The van der Waals surface area contributed by atoms with E-state index < -0.39 is 0 Å². The standard InChI is InChI=1S/C17H20N2O/c1-12-5-3-4-6-16(12)17(20)19-15-9-7-14(8-10-15)11-13(2)18/h3-10,13H,11,18H2,1-2H3,(H,19,20)/t13-/m1/s1. The molecule has 0 radical (unpaired) electrons. The summed E-state index contributed by atoms with van der Waals surface area (Å²) in [7, 11) is 0. The maximum atomic E-state index is 12.2. The van der Waals surface area contributed by atoms with Crippen molar-refractivity contribution in [3.63, 3.8) is 0 Å². The summed E-state index contributed by atoms with van der Waals surface area (Å²) in [5, 5.41) is 2.91. The SMILES string of the molecule is Cc1ccccc1C(=O)Nc1ccc(C[C@@H](C)N)cc1. The number of benzene rings is 2. The average molecular weight is 268 g/mol. The summed E-state index contributed by atoms with van der Waals surface area (Å²) in [5.74, 6) is -0.0805. The van der Waals surface area contributed by atoms with E-state index in [-0.39, 0.29) is 11.9 Å². The molecule has 0 spiro atoms. The first-order chi connectivity index (χ1) is 9.56. The van der Waals surface area contributed by atoms with Crippen LogP contribution in [0.4, 0.5) is 5.69 Å². The van der Waals surface area contributed by atoms with Gasteiger partial charge in [0.25, 0.3) is 5.91 Å².